The molecule has 3 rings (SSSR count). The first-order chi connectivity index (χ1) is 13.1. The van der Waals surface area contributed by atoms with E-state index in [2.05, 4.69) is 5.32 Å². The van der Waals surface area contributed by atoms with Crippen molar-refractivity contribution in [1.29, 1.82) is 5.26 Å². The Morgan fingerprint density at radius 3 is 2.59 bits per heavy atom. The Morgan fingerprint density at radius 1 is 1.07 bits per heavy atom. The Morgan fingerprint density at radius 2 is 1.85 bits per heavy atom. The topological polar surface area (TPSA) is 66.0 Å². The first-order valence-corrected chi connectivity index (χ1v) is 9.34. The molecule has 1 N–H and O–H groups in total. The smallest absolute Gasteiger partial charge is 0.266 e. The average Bonchev–Trinajstić information content (AvgIpc) is 3.11. The van der Waals surface area contributed by atoms with E-state index in [1.165, 1.54) is 17.8 Å². The summed E-state index contributed by atoms with van der Waals surface area (Å²) in [4.78, 5) is 13.4. The summed E-state index contributed by atoms with van der Waals surface area (Å²) < 4.78 is 5.67. The van der Waals surface area contributed by atoms with E-state index < -0.39 is 5.91 Å². The quantitative estimate of drug-likeness (QED) is 0.393. The Bertz CT molecular complexity index is 1040. The molecule has 0 aliphatic rings. The molecule has 134 valence electrons. The monoisotopic (exact) mass is 414 g/mol. The lowest BCUT2D eigenvalue weighted by atomic mass is 10.2. The predicted molar refractivity (Wildman–Crippen MR) is 108 cm³/mol. The third-order valence-electron chi connectivity index (χ3n) is 3.42. The Kier molecular flexibility index (Phi) is 6.25. The van der Waals surface area contributed by atoms with Crippen LogP contribution < -0.4 is 5.32 Å². The van der Waals surface area contributed by atoms with Crippen LogP contribution in [0.5, 0.6) is 0 Å². The minimum Gasteiger partial charge on any atom is -0.450 e. The number of carbonyl (C=O) groups is 1. The highest BCUT2D eigenvalue weighted by Gasteiger charge is 2.14. The van der Waals surface area contributed by atoms with Crippen LogP contribution in [0, 0.1) is 11.3 Å². The number of benzene rings is 2. The number of rotatable bonds is 5. The highest BCUT2D eigenvalue weighted by atomic mass is 35.5. The number of nitrogens with zero attached hydrogens (tertiary/aromatic N) is 1. The van der Waals surface area contributed by atoms with Crippen molar-refractivity contribution in [2.75, 3.05) is 5.32 Å². The average molecular weight is 415 g/mol. The fraction of sp³-hybridized carbons (Fsp3) is 0. The number of anilines is 1. The summed E-state index contributed by atoms with van der Waals surface area (Å²) in [5.41, 5.74) is 0.215. The van der Waals surface area contributed by atoms with Crippen molar-refractivity contribution in [3.05, 3.63) is 82.0 Å². The van der Waals surface area contributed by atoms with Crippen LogP contribution in [0.3, 0.4) is 0 Å². The summed E-state index contributed by atoms with van der Waals surface area (Å²) in [7, 11) is 0. The number of hydrogen-bond acceptors (Lipinski definition) is 4. The summed E-state index contributed by atoms with van der Waals surface area (Å²) in [6, 6.07) is 19.9. The number of carbonyl (C=O) groups excluding carboxylic acids is 1. The summed E-state index contributed by atoms with van der Waals surface area (Å²) in [6.45, 7) is 0. The maximum Gasteiger partial charge on any atom is 0.266 e. The van der Waals surface area contributed by atoms with Crippen LogP contribution in [0.1, 0.15) is 5.76 Å². The number of furan rings is 1. The molecule has 0 fully saturated rings. The Hall–Kier alpha value is -2.65. The second-order valence-electron chi connectivity index (χ2n) is 5.30. The second-order valence-corrected chi connectivity index (χ2v) is 7.16. The molecule has 3 aromatic rings. The van der Waals surface area contributed by atoms with Gasteiger partial charge in [-0.3, -0.25) is 4.79 Å². The molecule has 2 aromatic carbocycles. The van der Waals surface area contributed by atoms with E-state index in [0.717, 1.165) is 4.90 Å². The van der Waals surface area contributed by atoms with Gasteiger partial charge in [-0.2, -0.15) is 5.26 Å². The van der Waals surface area contributed by atoms with Crippen molar-refractivity contribution in [2.45, 2.75) is 9.99 Å². The van der Waals surface area contributed by atoms with Gasteiger partial charge in [-0.1, -0.05) is 59.2 Å². The van der Waals surface area contributed by atoms with E-state index in [9.17, 15) is 10.1 Å². The molecular weight excluding hydrogens is 403 g/mol. The number of nitriles is 1. The van der Waals surface area contributed by atoms with E-state index in [4.69, 9.17) is 27.6 Å². The highest BCUT2D eigenvalue weighted by molar-refractivity contribution is 7.99. The van der Waals surface area contributed by atoms with Crippen molar-refractivity contribution in [3.8, 4) is 6.07 Å². The molecule has 0 saturated carbocycles. The zero-order valence-corrected chi connectivity index (χ0v) is 16.1. The lowest BCUT2D eigenvalue weighted by Gasteiger charge is -2.07. The number of amides is 1. The van der Waals surface area contributed by atoms with Crippen LogP contribution in [0.4, 0.5) is 5.69 Å². The van der Waals surface area contributed by atoms with Crippen LogP contribution in [-0.2, 0) is 4.79 Å². The van der Waals surface area contributed by atoms with Gasteiger partial charge in [-0.25, -0.2) is 0 Å². The van der Waals surface area contributed by atoms with Gasteiger partial charge in [0.25, 0.3) is 5.91 Å². The Labute approximate surface area is 170 Å². The highest BCUT2D eigenvalue weighted by Crippen LogP contribution is 2.31. The third kappa shape index (κ3) is 4.95. The lowest BCUT2D eigenvalue weighted by molar-refractivity contribution is -0.112. The number of halogens is 2. The van der Waals surface area contributed by atoms with Gasteiger partial charge in [0.15, 0.2) is 5.09 Å². The largest absolute Gasteiger partial charge is 0.450 e. The van der Waals surface area contributed by atoms with Gasteiger partial charge < -0.3 is 9.73 Å². The van der Waals surface area contributed by atoms with Gasteiger partial charge in [0.1, 0.15) is 17.4 Å². The second kappa shape index (κ2) is 8.83. The van der Waals surface area contributed by atoms with E-state index in [0.29, 0.717) is 21.6 Å². The van der Waals surface area contributed by atoms with Crippen LogP contribution in [-0.4, -0.2) is 5.91 Å². The minimum atomic E-state index is -0.602. The molecule has 0 aliphatic heterocycles. The van der Waals surface area contributed by atoms with E-state index >= 15 is 0 Å². The van der Waals surface area contributed by atoms with E-state index in [1.54, 1.807) is 30.3 Å². The summed E-state index contributed by atoms with van der Waals surface area (Å²) in [5, 5.41) is 13.1. The van der Waals surface area contributed by atoms with Crippen molar-refractivity contribution >= 4 is 52.6 Å². The van der Waals surface area contributed by atoms with Crippen LogP contribution in [0.2, 0.25) is 10.0 Å². The molecule has 0 atom stereocenters. The molecule has 4 nitrogen and oxygen atoms in total. The molecule has 0 saturated heterocycles. The molecule has 1 amide bonds. The van der Waals surface area contributed by atoms with Crippen molar-refractivity contribution in [1.82, 2.24) is 0 Å². The van der Waals surface area contributed by atoms with Crippen LogP contribution in [0.15, 0.2) is 80.6 Å². The molecular formula is C20H12Cl2N2O2S. The van der Waals surface area contributed by atoms with Gasteiger partial charge in [0.05, 0.1) is 15.7 Å². The molecule has 0 bridgehead atoms. The summed E-state index contributed by atoms with van der Waals surface area (Å²) >= 11 is 13.4. The summed E-state index contributed by atoms with van der Waals surface area (Å²) in [5.74, 6) is -0.201. The standard InChI is InChI=1S/C20H12Cl2N2O2S/c21-16-7-4-8-17(19(16)22)24-20(25)13(12-23)11-14-9-10-18(26-14)27-15-5-2-1-3-6-15/h1-11H,(H,24,25)/b13-11-. The zero-order chi connectivity index (χ0) is 19.2. The molecule has 1 heterocycles. The van der Waals surface area contributed by atoms with Gasteiger partial charge in [0.2, 0.25) is 0 Å². The van der Waals surface area contributed by atoms with Gasteiger partial charge in [-0.15, -0.1) is 0 Å². The molecule has 0 unspecified atom stereocenters. The van der Waals surface area contributed by atoms with Crippen molar-refractivity contribution in [3.63, 3.8) is 0 Å². The van der Waals surface area contributed by atoms with Gasteiger partial charge >= 0.3 is 0 Å². The maximum absolute atomic E-state index is 12.4. The molecule has 0 spiro atoms. The fourth-order valence-corrected chi connectivity index (χ4v) is 3.30. The number of hydrogen-bond donors (Lipinski definition) is 1. The van der Waals surface area contributed by atoms with Crippen LogP contribution in [0.25, 0.3) is 6.08 Å². The predicted octanol–water partition coefficient (Wildman–Crippen LogP) is 6.28. The van der Waals surface area contributed by atoms with E-state index in [-0.39, 0.29) is 10.6 Å². The summed E-state index contributed by atoms with van der Waals surface area (Å²) in [6.07, 6.45) is 1.38. The van der Waals surface area contributed by atoms with Gasteiger partial charge in [-0.05, 0) is 36.4 Å². The molecule has 1 aromatic heterocycles. The number of nitrogens with one attached hydrogen (secondary N) is 1. The molecule has 27 heavy (non-hydrogen) atoms. The SMILES string of the molecule is N#C/C(=C/c1ccc(Sc2ccccc2)o1)C(=O)Nc1cccc(Cl)c1Cl. The third-order valence-corrected chi connectivity index (χ3v) is 5.16. The van der Waals surface area contributed by atoms with Gasteiger partial charge in [0, 0.05) is 11.0 Å². The minimum absolute atomic E-state index is 0.114. The molecule has 7 heteroatoms. The maximum atomic E-state index is 12.4. The first-order valence-electron chi connectivity index (χ1n) is 7.76. The normalized spacial score (nSPS) is 11.1. The zero-order valence-electron chi connectivity index (χ0n) is 13.8. The van der Waals surface area contributed by atoms with Crippen LogP contribution >= 0.6 is 35.0 Å². The van der Waals surface area contributed by atoms with Crippen molar-refractivity contribution in [2.24, 2.45) is 0 Å². The van der Waals surface area contributed by atoms with Crippen molar-refractivity contribution < 1.29 is 9.21 Å². The first kappa shape index (κ1) is 19.1. The molecule has 0 radical (unpaired) electrons. The fourth-order valence-electron chi connectivity index (χ4n) is 2.15. The van der Waals surface area contributed by atoms with E-state index in [1.807, 2.05) is 36.4 Å². The lowest BCUT2D eigenvalue weighted by Crippen LogP contribution is -2.13. The molecule has 0 aliphatic carbocycles. The Balaban J connectivity index is 1.75.